The molecule has 0 spiro atoms. The van der Waals surface area contributed by atoms with Gasteiger partial charge in [0.2, 0.25) is 0 Å². The molecule has 0 aliphatic rings. The van der Waals surface area contributed by atoms with E-state index in [2.05, 4.69) is 59.7 Å². The van der Waals surface area contributed by atoms with Crippen LogP contribution in [0.25, 0.3) is 0 Å². The highest BCUT2D eigenvalue weighted by Crippen LogP contribution is 2.38. The molecule has 1 atom stereocenters. The molecule has 31 heavy (non-hydrogen) atoms. The number of unbranched alkanes of at least 4 members (excludes halogenated alkanes) is 7. The Bertz CT molecular complexity index is 468. The Morgan fingerprint density at radius 1 is 0.742 bits per heavy atom. The van der Waals surface area contributed by atoms with Crippen LogP contribution in [0.5, 0.6) is 0 Å². The molecule has 0 amide bonds. The molecule has 0 fully saturated rings. The van der Waals surface area contributed by atoms with Crippen LogP contribution in [0.2, 0.25) is 57.5 Å². The van der Waals surface area contributed by atoms with Crippen molar-refractivity contribution in [3.05, 3.63) is 0 Å². The highest BCUT2D eigenvalue weighted by atomic mass is 28.4. The quantitative estimate of drug-likeness (QED) is 0.122. The number of esters is 1. The summed E-state index contributed by atoms with van der Waals surface area (Å²) in [6, 6.07) is 1.41. The average Bonchev–Trinajstić information content (AvgIpc) is 2.52. The SMILES string of the molecule is C.C.COC(=O)CCCCCCCCCC[Si](C)(C[Si](C)(C)C)C(C)(C)O[Si](C)(C)C. The second-order valence-corrected chi connectivity index (χ2v) is 27.7. The summed E-state index contributed by atoms with van der Waals surface area (Å²) in [5.41, 5.74) is 1.47. The third-order valence-electron chi connectivity index (χ3n) is 6.02. The molecule has 0 bridgehead atoms. The minimum absolute atomic E-state index is 0. The lowest BCUT2D eigenvalue weighted by Gasteiger charge is -2.48. The Morgan fingerprint density at radius 2 is 1.16 bits per heavy atom. The maximum Gasteiger partial charge on any atom is 0.305 e. The van der Waals surface area contributed by atoms with Crippen LogP contribution in [-0.2, 0) is 14.0 Å². The van der Waals surface area contributed by atoms with Crippen molar-refractivity contribution in [3.8, 4) is 0 Å². The Labute approximate surface area is 200 Å². The van der Waals surface area contributed by atoms with Crippen LogP contribution in [0.15, 0.2) is 0 Å². The zero-order valence-electron chi connectivity index (χ0n) is 21.5. The van der Waals surface area contributed by atoms with Crippen molar-refractivity contribution < 1.29 is 14.0 Å². The summed E-state index contributed by atoms with van der Waals surface area (Å²) in [5, 5.41) is 0.0807. The fourth-order valence-corrected chi connectivity index (χ4v) is 21.5. The molecule has 0 N–H and O–H groups in total. The van der Waals surface area contributed by atoms with Crippen LogP contribution in [0.4, 0.5) is 0 Å². The van der Waals surface area contributed by atoms with Crippen molar-refractivity contribution >= 4 is 30.4 Å². The number of carbonyl (C=O) groups is 1. The zero-order valence-corrected chi connectivity index (χ0v) is 24.5. The van der Waals surface area contributed by atoms with Gasteiger partial charge in [-0.2, -0.15) is 0 Å². The van der Waals surface area contributed by atoms with Crippen LogP contribution in [0.1, 0.15) is 86.5 Å². The molecule has 0 rings (SSSR count). The second-order valence-electron chi connectivity index (χ2n) is 11.9. The summed E-state index contributed by atoms with van der Waals surface area (Å²) in [5.74, 6) is -0.0726. The first-order chi connectivity index (χ1) is 13.1. The summed E-state index contributed by atoms with van der Waals surface area (Å²) in [6.45, 7) is 22.1. The van der Waals surface area contributed by atoms with E-state index in [9.17, 15) is 4.79 Å². The minimum Gasteiger partial charge on any atom is -0.469 e. The lowest BCUT2D eigenvalue weighted by Crippen LogP contribution is -2.60. The molecule has 0 radical (unpaired) electrons. The lowest BCUT2D eigenvalue weighted by molar-refractivity contribution is -0.140. The molecule has 1 unspecified atom stereocenters. The summed E-state index contributed by atoms with van der Waals surface area (Å²) in [4.78, 5) is 11.1. The van der Waals surface area contributed by atoms with E-state index in [1.807, 2.05) is 0 Å². The van der Waals surface area contributed by atoms with Crippen LogP contribution >= 0.6 is 0 Å². The van der Waals surface area contributed by atoms with Gasteiger partial charge in [0, 0.05) is 19.7 Å². The zero-order chi connectivity index (χ0) is 22.8. The van der Waals surface area contributed by atoms with Gasteiger partial charge in [0.15, 0.2) is 8.32 Å². The van der Waals surface area contributed by atoms with Gasteiger partial charge in [-0.25, -0.2) is 0 Å². The molecule has 0 saturated carbocycles. The van der Waals surface area contributed by atoms with Crippen molar-refractivity contribution in [1.82, 2.24) is 0 Å². The first-order valence-corrected chi connectivity index (χ1v) is 21.9. The number of carbonyl (C=O) groups excluding carboxylic acids is 1. The predicted octanol–water partition coefficient (Wildman–Crippen LogP) is 9.07. The molecule has 190 valence electrons. The maximum absolute atomic E-state index is 11.1. The molecule has 0 aromatic carbocycles. The van der Waals surface area contributed by atoms with Gasteiger partial charge >= 0.3 is 5.97 Å². The number of hydrogen-bond acceptors (Lipinski definition) is 3. The van der Waals surface area contributed by atoms with Crippen molar-refractivity contribution in [2.45, 2.75) is 149 Å². The molecule has 6 heteroatoms. The Hall–Kier alpha value is 0.0806. The van der Waals surface area contributed by atoms with E-state index in [-0.39, 0.29) is 26.0 Å². The van der Waals surface area contributed by atoms with E-state index in [1.54, 1.807) is 0 Å². The van der Waals surface area contributed by atoms with Crippen LogP contribution in [-0.4, -0.2) is 42.8 Å². The van der Waals surface area contributed by atoms with Gasteiger partial charge in [-0.05, 0) is 39.9 Å². The van der Waals surface area contributed by atoms with Crippen LogP contribution in [0, 0.1) is 0 Å². The van der Waals surface area contributed by atoms with Gasteiger partial charge in [0.05, 0.1) is 15.2 Å². The van der Waals surface area contributed by atoms with E-state index in [4.69, 9.17) is 9.16 Å². The molecule has 0 aliphatic carbocycles. The Morgan fingerprint density at radius 3 is 1.55 bits per heavy atom. The first kappa shape index (κ1) is 35.7. The third-order valence-corrected chi connectivity index (χ3v) is 19.2. The third kappa shape index (κ3) is 17.3. The Balaban J connectivity index is -0.00000392. The van der Waals surface area contributed by atoms with Crippen molar-refractivity contribution in [3.63, 3.8) is 0 Å². The smallest absolute Gasteiger partial charge is 0.305 e. The van der Waals surface area contributed by atoms with E-state index in [0.717, 1.165) is 12.8 Å². The largest absolute Gasteiger partial charge is 0.469 e. The molecular weight excluding hydrogens is 433 g/mol. The second kappa shape index (κ2) is 15.8. The van der Waals surface area contributed by atoms with E-state index in [1.165, 1.54) is 57.3 Å². The van der Waals surface area contributed by atoms with Gasteiger partial charge < -0.3 is 9.16 Å². The highest BCUT2D eigenvalue weighted by Gasteiger charge is 2.47. The molecule has 0 aliphatic heterocycles. The molecule has 0 saturated heterocycles. The summed E-state index contributed by atoms with van der Waals surface area (Å²) in [6.07, 6.45) is 10.7. The molecule has 3 nitrogen and oxygen atoms in total. The predicted molar refractivity (Wildman–Crippen MR) is 150 cm³/mol. The van der Waals surface area contributed by atoms with Gasteiger partial charge in [-0.3, -0.25) is 4.79 Å². The number of hydrogen-bond donors (Lipinski definition) is 0. The van der Waals surface area contributed by atoms with E-state index >= 15 is 0 Å². The molecule has 0 aromatic heterocycles. The summed E-state index contributed by atoms with van der Waals surface area (Å²) >= 11 is 0. The summed E-state index contributed by atoms with van der Waals surface area (Å²) < 4.78 is 11.5. The van der Waals surface area contributed by atoms with E-state index < -0.39 is 24.5 Å². The monoisotopic (exact) mass is 492 g/mol. The van der Waals surface area contributed by atoms with Gasteiger partial charge in [-0.1, -0.05) is 97.7 Å². The van der Waals surface area contributed by atoms with Crippen molar-refractivity contribution in [2.24, 2.45) is 0 Å². The molecule has 0 heterocycles. The Kier molecular flexibility index (Phi) is 18.2. The highest BCUT2D eigenvalue weighted by molar-refractivity contribution is 6.96. The van der Waals surface area contributed by atoms with Gasteiger partial charge in [0.1, 0.15) is 0 Å². The first-order valence-electron chi connectivity index (χ1n) is 11.9. The summed E-state index contributed by atoms with van der Waals surface area (Å²) in [7, 11) is -2.68. The number of methoxy groups -OCH3 is 1. The minimum atomic E-state index is -1.54. The van der Waals surface area contributed by atoms with Gasteiger partial charge in [-0.15, -0.1) is 0 Å². The van der Waals surface area contributed by atoms with Crippen molar-refractivity contribution in [1.29, 1.82) is 0 Å². The fraction of sp³-hybridized carbons (Fsp3) is 0.960. The number of rotatable bonds is 16. The van der Waals surface area contributed by atoms with Crippen LogP contribution in [0.3, 0.4) is 0 Å². The fourth-order valence-electron chi connectivity index (χ4n) is 4.61. The van der Waals surface area contributed by atoms with Crippen LogP contribution < -0.4 is 0 Å². The standard InChI is InChI=1S/C23H52O3Si3.2CH4/c1-23(2,26-28(7,8)9)29(10,21-27(4,5)6)20-18-16-14-12-11-13-15-17-19-22(24)25-3;;/h11-21H2,1-10H3;2*1H4. The van der Waals surface area contributed by atoms with E-state index in [0.29, 0.717) is 6.42 Å². The number of ether oxygens (including phenoxy) is 1. The topological polar surface area (TPSA) is 35.5 Å². The normalized spacial score (nSPS) is 14.3. The molecular formula is C25H60O3Si3. The van der Waals surface area contributed by atoms with Crippen molar-refractivity contribution in [2.75, 3.05) is 7.11 Å². The maximum atomic E-state index is 11.1. The lowest BCUT2D eigenvalue weighted by atomic mass is 10.1. The van der Waals surface area contributed by atoms with Gasteiger partial charge in [0.25, 0.3) is 0 Å². The average molecular weight is 493 g/mol. The molecule has 0 aromatic rings.